The minimum Gasteiger partial charge on any atom is -0.467 e. The number of methoxy groups -OCH3 is 2. The van der Waals surface area contributed by atoms with Gasteiger partial charge >= 0.3 is 23.8 Å². The van der Waals surface area contributed by atoms with Gasteiger partial charge in [0.15, 0.2) is 0 Å². The number of carbonyl (C=O) groups excluding carboxylic acids is 6. The molecule has 0 aliphatic rings. The van der Waals surface area contributed by atoms with Crippen molar-refractivity contribution in [3.8, 4) is 0 Å². The fourth-order valence-electron chi connectivity index (χ4n) is 2.70. The number of ether oxygens (including phenoxy) is 2. The number of rotatable bonds is 10. The van der Waals surface area contributed by atoms with Gasteiger partial charge in [-0.2, -0.15) is 0 Å². The lowest BCUT2D eigenvalue weighted by molar-refractivity contribution is -0.148. The second-order valence-electron chi connectivity index (χ2n) is 7.03. The van der Waals surface area contributed by atoms with Gasteiger partial charge in [-0.3, -0.25) is 19.2 Å². The number of thioether (sulfide) groups is 2. The predicted octanol–water partition coefficient (Wildman–Crippen LogP) is 1.45. The molecule has 0 spiro atoms. The second kappa shape index (κ2) is 14.7. The third kappa shape index (κ3) is 8.86. The summed E-state index contributed by atoms with van der Waals surface area (Å²) in [5.41, 5.74) is 0.803. The van der Waals surface area contributed by atoms with Crippen LogP contribution in [0.2, 0.25) is 0 Å². The van der Waals surface area contributed by atoms with Crippen molar-refractivity contribution in [3.05, 3.63) is 71.8 Å². The van der Waals surface area contributed by atoms with Gasteiger partial charge in [-0.25, -0.2) is 9.59 Å². The lowest BCUT2D eigenvalue weighted by Gasteiger charge is -2.18. The molecule has 2 aromatic carbocycles. The van der Waals surface area contributed by atoms with Gasteiger partial charge in [-0.05, 0) is 0 Å². The molecule has 2 aromatic rings. The lowest BCUT2D eigenvalue weighted by Crippen LogP contribution is -2.53. The zero-order valence-electron chi connectivity index (χ0n) is 19.4. The maximum absolute atomic E-state index is 12.4. The van der Waals surface area contributed by atoms with Crippen LogP contribution in [-0.4, -0.2) is 71.8 Å². The normalized spacial score (nSPS) is 11.9. The van der Waals surface area contributed by atoms with E-state index in [-0.39, 0.29) is 21.7 Å². The van der Waals surface area contributed by atoms with Crippen LogP contribution in [0, 0.1) is 0 Å². The van der Waals surface area contributed by atoms with Crippen molar-refractivity contribution >= 4 is 57.5 Å². The first-order chi connectivity index (χ1) is 17.3. The average Bonchev–Trinajstić information content (AvgIpc) is 2.92. The van der Waals surface area contributed by atoms with Gasteiger partial charge < -0.3 is 20.1 Å². The number of nitrogens with one attached hydrogen (secondary N) is 2. The highest BCUT2D eigenvalue weighted by atomic mass is 32.2. The van der Waals surface area contributed by atoms with E-state index < -0.39 is 35.8 Å². The van der Waals surface area contributed by atoms with Crippen molar-refractivity contribution in [2.45, 2.75) is 12.1 Å². The van der Waals surface area contributed by atoms with E-state index in [1.54, 1.807) is 60.7 Å². The van der Waals surface area contributed by atoms with Gasteiger partial charge in [0.25, 0.3) is 0 Å². The van der Waals surface area contributed by atoms with Gasteiger partial charge in [0.2, 0.25) is 10.2 Å². The van der Waals surface area contributed by atoms with Crippen LogP contribution in [0.3, 0.4) is 0 Å². The van der Waals surface area contributed by atoms with Crippen molar-refractivity contribution in [3.63, 3.8) is 0 Å². The van der Waals surface area contributed by atoms with E-state index in [2.05, 4.69) is 20.1 Å². The van der Waals surface area contributed by atoms with Crippen LogP contribution < -0.4 is 10.6 Å². The van der Waals surface area contributed by atoms with Crippen LogP contribution >= 0.6 is 23.5 Å². The minimum absolute atomic E-state index is 0.193. The van der Waals surface area contributed by atoms with Gasteiger partial charge in [-0.1, -0.05) is 84.2 Å². The molecule has 10 nitrogen and oxygen atoms in total. The monoisotopic (exact) mass is 532 g/mol. The number of carbonyl (C=O) groups is 6. The summed E-state index contributed by atoms with van der Waals surface area (Å²) in [6.45, 7) is 0. The molecular weight excluding hydrogens is 508 g/mol. The number of amides is 2. The highest BCUT2D eigenvalue weighted by Gasteiger charge is 2.30. The molecule has 2 atom stereocenters. The van der Waals surface area contributed by atoms with Crippen molar-refractivity contribution in [2.24, 2.45) is 0 Å². The molecule has 0 unspecified atom stereocenters. The van der Waals surface area contributed by atoms with Crippen LogP contribution in [0.25, 0.3) is 0 Å². The molecule has 2 rings (SSSR count). The van der Waals surface area contributed by atoms with E-state index in [4.69, 9.17) is 0 Å². The van der Waals surface area contributed by atoms with Crippen LogP contribution in [0.1, 0.15) is 20.7 Å². The molecule has 0 aliphatic heterocycles. The van der Waals surface area contributed by atoms with E-state index in [1.165, 1.54) is 0 Å². The minimum atomic E-state index is -1.31. The number of esters is 2. The fourth-order valence-corrected chi connectivity index (χ4v) is 4.38. The molecule has 2 N–H and O–H groups in total. The van der Waals surface area contributed by atoms with Crippen molar-refractivity contribution < 1.29 is 38.2 Å². The molecule has 0 aliphatic carbocycles. The Kier molecular flexibility index (Phi) is 11.7. The van der Waals surface area contributed by atoms with Crippen LogP contribution in [-0.2, 0) is 28.7 Å². The van der Waals surface area contributed by atoms with Gasteiger partial charge in [0.1, 0.15) is 12.1 Å². The highest BCUT2D eigenvalue weighted by Crippen LogP contribution is 2.15. The number of hydrogen-bond donors (Lipinski definition) is 2. The summed E-state index contributed by atoms with van der Waals surface area (Å²) in [5.74, 6) is -4.57. The second-order valence-corrected chi connectivity index (χ2v) is 9.01. The van der Waals surface area contributed by atoms with E-state index in [1.807, 2.05) is 0 Å². The first-order valence-electron chi connectivity index (χ1n) is 10.5. The summed E-state index contributed by atoms with van der Waals surface area (Å²) >= 11 is 1.53. The molecule has 0 fully saturated rings. The summed E-state index contributed by atoms with van der Waals surface area (Å²) < 4.78 is 9.30. The molecule has 0 aromatic heterocycles. The first-order valence-corrected chi connectivity index (χ1v) is 12.4. The van der Waals surface area contributed by atoms with Crippen LogP contribution in [0.5, 0.6) is 0 Å². The number of hydrogen-bond acceptors (Lipinski definition) is 10. The topological polar surface area (TPSA) is 145 Å². The molecule has 0 radical (unpaired) electrons. The van der Waals surface area contributed by atoms with Gasteiger partial charge in [-0.15, -0.1) is 0 Å². The van der Waals surface area contributed by atoms with E-state index in [9.17, 15) is 28.8 Å². The Morgan fingerprint density at radius 1 is 0.639 bits per heavy atom. The summed E-state index contributed by atoms with van der Waals surface area (Å²) in [7, 11) is 2.19. The van der Waals surface area contributed by atoms with Crippen molar-refractivity contribution in [1.29, 1.82) is 0 Å². The SMILES string of the molecule is COC(=O)[C@H](CSC(=O)c1ccccc1)NC(=O)C(=O)N[C@@H](CSC(=O)c1ccccc1)C(=O)OC. The van der Waals surface area contributed by atoms with E-state index in [0.717, 1.165) is 37.7 Å². The quantitative estimate of drug-likeness (QED) is 0.341. The summed E-state index contributed by atoms with van der Waals surface area (Å²) in [6.07, 6.45) is 0. The highest BCUT2D eigenvalue weighted by molar-refractivity contribution is 8.14. The number of benzene rings is 2. The summed E-state index contributed by atoms with van der Waals surface area (Å²) in [4.78, 5) is 73.7. The van der Waals surface area contributed by atoms with Gasteiger partial charge in [0.05, 0.1) is 14.2 Å². The molecule has 0 heterocycles. The maximum Gasteiger partial charge on any atom is 0.329 e. The Morgan fingerprint density at radius 2 is 0.972 bits per heavy atom. The first kappa shape index (κ1) is 28.6. The Morgan fingerprint density at radius 3 is 1.28 bits per heavy atom. The van der Waals surface area contributed by atoms with Gasteiger partial charge in [0, 0.05) is 22.6 Å². The Bertz CT molecular complexity index is 1010. The largest absolute Gasteiger partial charge is 0.467 e. The molecule has 0 bridgehead atoms. The summed E-state index contributed by atoms with van der Waals surface area (Å²) in [6, 6.07) is 14.0. The standard InChI is InChI=1S/C24H24N2O8S2/c1-33-21(29)17(13-35-23(31)15-9-5-3-6-10-15)25-19(27)20(28)26-18(22(30)34-2)14-36-24(32)16-11-7-4-8-12-16/h3-12,17-18H,13-14H2,1-2H3,(H,25,27)(H,26,28)/t17-,18-/m0/s1. The maximum atomic E-state index is 12.4. The van der Waals surface area contributed by atoms with Crippen LogP contribution in [0.4, 0.5) is 0 Å². The van der Waals surface area contributed by atoms with E-state index >= 15 is 0 Å². The predicted molar refractivity (Wildman–Crippen MR) is 134 cm³/mol. The van der Waals surface area contributed by atoms with Crippen LogP contribution in [0.15, 0.2) is 60.7 Å². The van der Waals surface area contributed by atoms with Crippen molar-refractivity contribution in [1.82, 2.24) is 10.6 Å². The third-order valence-corrected chi connectivity index (χ3v) is 6.57. The third-order valence-electron chi connectivity index (χ3n) is 4.57. The fraction of sp³-hybridized carbons (Fsp3) is 0.250. The summed E-state index contributed by atoms with van der Waals surface area (Å²) in [5, 5.41) is 3.73. The zero-order chi connectivity index (χ0) is 26.5. The average molecular weight is 533 g/mol. The molecule has 2 amide bonds. The van der Waals surface area contributed by atoms with Crippen molar-refractivity contribution in [2.75, 3.05) is 25.7 Å². The Hall–Kier alpha value is -3.64. The molecule has 12 heteroatoms. The smallest absolute Gasteiger partial charge is 0.329 e. The lowest BCUT2D eigenvalue weighted by atomic mass is 10.2. The molecule has 0 saturated carbocycles. The van der Waals surface area contributed by atoms with E-state index in [0.29, 0.717) is 11.1 Å². The Balaban J connectivity index is 1.98. The zero-order valence-corrected chi connectivity index (χ0v) is 21.1. The Labute approximate surface area is 215 Å². The molecular formula is C24H24N2O8S2. The molecule has 36 heavy (non-hydrogen) atoms. The molecule has 0 saturated heterocycles. The molecule has 190 valence electrons.